The molecule has 7 nitrogen and oxygen atoms in total. The van der Waals surface area contributed by atoms with Gasteiger partial charge < -0.3 is 10.1 Å². The highest BCUT2D eigenvalue weighted by Gasteiger charge is 2.19. The van der Waals surface area contributed by atoms with Gasteiger partial charge in [-0.2, -0.15) is 0 Å². The number of halogens is 1. The zero-order chi connectivity index (χ0) is 22.0. The first kappa shape index (κ1) is 21.1. The quantitative estimate of drug-likeness (QED) is 0.410. The van der Waals surface area contributed by atoms with E-state index in [0.29, 0.717) is 21.3 Å². The van der Waals surface area contributed by atoms with Gasteiger partial charge in [0.1, 0.15) is 16.4 Å². The third kappa shape index (κ3) is 4.48. The normalized spacial score (nSPS) is 11.3. The van der Waals surface area contributed by atoms with Crippen molar-refractivity contribution in [1.29, 1.82) is 0 Å². The number of ether oxygens (including phenoxy) is 1. The van der Waals surface area contributed by atoms with Crippen LogP contribution in [0.1, 0.15) is 9.67 Å². The van der Waals surface area contributed by atoms with Gasteiger partial charge in [-0.1, -0.05) is 17.7 Å². The number of sulfonamides is 1. The first-order valence-corrected chi connectivity index (χ1v) is 11.7. The highest BCUT2D eigenvalue weighted by atomic mass is 35.5. The zero-order valence-corrected chi connectivity index (χ0v) is 18.5. The molecule has 0 bridgehead atoms. The number of carbonyl (C=O) groups is 1. The number of aromatic nitrogens is 1. The van der Waals surface area contributed by atoms with Gasteiger partial charge in [0.15, 0.2) is 0 Å². The number of fused-ring (bicyclic) bond motifs is 1. The Kier molecular flexibility index (Phi) is 5.81. The number of benzene rings is 2. The van der Waals surface area contributed by atoms with E-state index in [1.807, 2.05) is 6.07 Å². The molecule has 0 aliphatic heterocycles. The molecule has 0 saturated heterocycles. The lowest BCUT2D eigenvalue weighted by Crippen LogP contribution is -2.14. The number of nitrogens with one attached hydrogen (secondary N) is 2. The molecule has 0 radical (unpaired) electrons. The summed E-state index contributed by atoms with van der Waals surface area (Å²) in [7, 11) is -2.24. The van der Waals surface area contributed by atoms with Gasteiger partial charge in [-0.25, -0.2) is 13.4 Å². The Bertz CT molecular complexity index is 1350. The molecule has 1 amide bonds. The van der Waals surface area contributed by atoms with E-state index in [9.17, 15) is 13.2 Å². The molecule has 4 aromatic rings. The maximum atomic E-state index is 12.7. The Hall–Kier alpha value is -3.14. The van der Waals surface area contributed by atoms with Crippen LogP contribution in [0.2, 0.25) is 5.02 Å². The van der Waals surface area contributed by atoms with Crippen LogP contribution in [0, 0.1) is 0 Å². The van der Waals surface area contributed by atoms with Crippen LogP contribution in [-0.2, 0) is 10.0 Å². The SMILES string of the molecule is COc1ccc2sc(C(=O)Nc3ccc(S(=O)(=O)Nc4ccccn4)cc3)c(Cl)c2c1. The summed E-state index contributed by atoms with van der Waals surface area (Å²) in [6.45, 7) is 0. The van der Waals surface area contributed by atoms with Gasteiger partial charge in [-0.3, -0.25) is 9.52 Å². The molecule has 2 aromatic carbocycles. The highest BCUT2D eigenvalue weighted by Crippen LogP contribution is 2.37. The van der Waals surface area contributed by atoms with E-state index in [1.165, 1.54) is 41.8 Å². The van der Waals surface area contributed by atoms with Crippen molar-refractivity contribution < 1.29 is 17.9 Å². The average molecular weight is 474 g/mol. The number of carbonyl (C=O) groups excluding carboxylic acids is 1. The van der Waals surface area contributed by atoms with Crippen LogP contribution in [0.3, 0.4) is 0 Å². The summed E-state index contributed by atoms with van der Waals surface area (Å²) in [5, 5.41) is 3.82. The number of pyridine rings is 1. The molecule has 0 atom stereocenters. The Morgan fingerprint density at radius 3 is 2.55 bits per heavy atom. The standard InChI is InChI=1S/C21H16ClN3O4S2/c1-29-14-7-10-17-16(12-14)19(22)20(30-17)21(26)24-13-5-8-15(9-6-13)31(27,28)25-18-4-2-3-11-23-18/h2-12H,1H3,(H,23,25)(H,24,26). The topological polar surface area (TPSA) is 97.4 Å². The fourth-order valence-corrected chi connectivity index (χ4v) is 5.24. The fraction of sp³-hybridized carbons (Fsp3) is 0.0476. The minimum Gasteiger partial charge on any atom is -0.497 e. The molecular formula is C21H16ClN3O4S2. The third-order valence-electron chi connectivity index (χ3n) is 4.37. The second kappa shape index (κ2) is 8.54. The van der Waals surface area contributed by atoms with Crippen molar-refractivity contribution in [2.45, 2.75) is 4.90 Å². The first-order valence-electron chi connectivity index (χ1n) is 8.99. The lowest BCUT2D eigenvalue weighted by molar-refractivity contribution is 0.103. The van der Waals surface area contributed by atoms with E-state index >= 15 is 0 Å². The maximum Gasteiger partial charge on any atom is 0.267 e. The molecule has 2 aromatic heterocycles. The van der Waals surface area contributed by atoms with Gasteiger partial charge >= 0.3 is 0 Å². The maximum absolute atomic E-state index is 12.7. The molecular weight excluding hydrogens is 458 g/mol. The number of rotatable bonds is 6. The summed E-state index contributed by atoms with van der Waals surface area (Å²) in [5.41, 5.74) is 0.438. The predicted molar refractivity (Wildman–Crippen MR) is 123 cm³/mol. The second-order valence-corrected chi connectivity index (χ2v) is 9.52. The molecule has 0 aliphatic carbocycles. The number of amides is 1. The van der Waals surface area contributed by atoms with Crippen molar-refractivity contribution in [3.05, 3.63) is 76.8 Å². The molecule has 158 valence electrons. The van der Waals surface area contributed by atoms with Gasteiger partial charge in [0.05, 0.1) is 17.0 Å². The number of nitrogens with zero attached hydrogens (tertiary/aromatic N) is 1. The van der Waals surface area contributed by atoms with Crippen LogP contribution in [0.4, 0.5) is 11.5 Å². The van der Waals surface area contributed by atoms with Crippen molar-refractivity contribution in [3.8, 4) is 5.75 Å². The molecule has 4 rings (SSSR count). The minimum absolute atomic E-state index is 0.0446. The Morgan fingerprint density at radius 1 is 1.10 bits per heavy atom. The van der Waals surface area contributed by atoms with Crippen molar-refractivity contribution in [2.24, 2.45) is 0 Å². The van der Waals surface area contributed by atoms with E-state index in [-0.39, 0.29) is 16.6 Å². The first-order chi connectivity index (χ1) is 14.9. The van der Waals surface area contributed by atoms with Crippen LogP contribution in [0.5, 0.6) is 5.75 Å². The summed E-state index contributed by atoms with van der Waals surface area (Å²) in [6, 6.07) is 16.2. The van der Waals surface area contributed by atoms with Gasteiger partial charge in [-0.15, -0.1) is 11.3 Å². The highest BCUT2D eigenvalue weighted by molar-refractivity contribution is 7.92. The van der Waals surface area contributed by atoms with E-state index in [1.54, 1.807) is 37.4 Å². The largest absolute Gasteiger partial charge is 0.497 e. The molecule has 2 heterocycles. The number of hydrogen-bond acceptors (Lipinski definition) is 6. The van der Waals surface area contributed by atoms with E-state index in [0.717, 1.165) is 10.1 Å². The van der Waals surface area contributed by atoms with Crippen molar-refractivity contribution in [2.75, 3.05) is 17.1 Å². The minimum atomic E-state index is -3.80. The van der Waals surface area contributed by atoms with E-state index < -0.39 is 10.0 Å². The monoisotopic (exact) mass is 473 g/mol. The summed E-state index contributed by atoms with van der Waals surface area (Å²) in [4.78, 5) is 17.1. The summed E-state index contributed by atoms with van der Waals surface area (Å²) < 4.78 is 33.4. The number of anilines is 2. The van der Waals surface area contributed by atoms with Crippen LogP contribution >= 0.6 is 22.9 Å². The molecule has 0 saturated carbocycles. The zero-order valence-electron chi connectivity index (χ0n) is 16.1. The van der Waals surface area contributed by atoms with Gasteiger partial charge in [0.25, 0.3) is 15.9 Å². The average Bonchev–Trinajstić information content (AvgIpc) is 3.10. The number of thiophene rings is 1. The van der Waals surface area contributed by atoms with Gasteiger partial charge in [0, 0.05) is 22.0 Å². The van der Waals surface area contributed by atoms with Crippen LogP contribution in [0.25, 0.3) is 10.1 Å². The number of methoxy groups -OCH3 is 1. The van der Waals surface area contributed by atoms with Crippen molar-refractivity contribution in [1.82, 2.24) is 4.98 Å². The molecule has 2 N–H and O–H groups in total. The molecule has 0 aliphatic rings. The van der Waals surface area contributed by atoms with Crippen molar-refractivity contribution >= 4 is 60.5 Å². The Balaban J connectivity index is 1.52. The Labute approximate surface area is 187 Å². The fourth-order valence-electron chi connectivity index (χ4n) is 2.84. The lowest BCUT2D eigenvalue weighted by Gasteiger charge is -2.08. The summed E-state index contributed by atoms with van der Waals surface area (Å²) in [6.07, 6.45) is 1.49. The Morgan fingerprint density at radius 2 is 1.87 bits per heavy atom. The molecule has 0 spiro atoms. The molecule has 0 unspecified atom stereocenters. The second-order valence-electron chi connectivity index (χ2n) is 6.41. The summed E-state index contributed by atoms with van der Waals surface area (Å²) >= 11 is 7.68. The molecule has 0 fully saturated rings. The van der Waals surface area contributed by atoms with Crippen LogP contribution in [0.15, 0.2) is 71.8 Å². The van der Waals surface area contributed by atoms with E-state index in [2.05, 4.69) is 15.0 Å². The molecule has 31 heavy (non-hydrogen) atoms. The summed E-state index contributed by atoms with van der Waals surface area (Å²) in [5.74, 6) is 0.485. The molecule has 10 heteroatoms. The van der Waals surface area contributed by atoms with Crippen molar-refractivity contribution in [3.63, 3.8) is 0 Å². The van der Waals surface area contributed by atoms with Gasteiger partial charge in [-0.05, 0) is 54.6 Å². The van der Waals surface area contributed by atoms with Crippen LogP contribution in [-0.4, -0.2) is 26.4 Å². The third-order valence-corrected chi connectivity index (χ3v) is 7.41. The van der Waals surface area contributed by atoms with Gasteiger partial charge in [0.2, 0.25) is 0 Å². The predicted octanol–water partition coefficient (Wildman–Crippen LogP) is 5.01. The smallest absolute Gasteiger partial charge is 0.267 e. The number of hydrogen-bond donors (Lipinski definition) is 2. The van der Waals surface area contributed by atoms with E-state index in [4.69, 9.17) is 16.3 Å². The van der Waals surface area contributed by atoms with Crippen LogP contribution < -0.4 is 14.8 Å². The lowest BCUT2D eigenvalue weighted by atomic mass is 10.2.